The molecule has 7 rings (SSSR count). The van der Waals surface area contributed by atoms with Gasteiger partial charge in [-0.25, -0.2) is 0 Å². The second-order valence-corrected chi connectivity index (χ2v) is 20.1. The van der Waals surface area contributed by atoms with Crippen LogP contribution >= 0.6 is 0 Å². The zero-order chi connectivity index (χ0) is 39.4. The third-order valence-electron chi connectivity index (χ3n) is 17.0. The van der Waals surface area contributed by atoms with Gasteiger partial charge in [-0.3, -0.25) is 4.79 Å². The number of aliphatic hydroxyl groups excluding tert-OH is 7. The zero-order valence-corrected chi connectivity index (χ0v) is 32.9. The number of aliphatic carboxylic acids is 1. The van der Waals surface area contributed by atoms with Crippen molar-refractivity contribution in [3.63, 3.8) is 0 Å². The number of aliphatic hydroxyl groups is 7. The van der Waals surface area contributed by atoms with E-state index in [0.717, 1.165) is 51.4 Å². The van der Waals surface area contributed by atoms with E-state index < -0.39 is 84.8 Å². The summed E-state index contributed by atoms with van der Waals surface area (Å²) in [6.45, 7) is 12.8. The Morgan fingerprint density at radius 1 is 0.815 bits per heavy atom. The predicted octanol–water partition coefficient (Wildman–Crippen LogP) is 2.49. The Morgan fingerprint density at radius 3 is 2.19 bits per heavy atom. The van der Waals surface area contributed by atoms with E-state index in [-0.39, 0.29) is 46.7 Å². The van der Waals surface area contributed by atoms with Gasteiger partial charge >= 0.3 is 5.97 Å². The van der Waals surface area contributed by atoms with Gasteiger partial charge in [0.05, 0.1) is 31.3 Å². The lowest BCUT2D eigenvalue weighted by Gasteiger charge is -2.71. The van der Waals surface area contributed by atoms with E-state index in [1.807, 2.05) is 0 Å². The van der Waals surface area contributed by atoms with E-state index in [1.54, 1.807) is 0 Å². The summed E-state index contributed by atoms with van der Waals surface area (Å²) >= 11 is 0. The molecule has 0 aromatic carbocycles. The first-order valence-corrected chi connectivity index (χ1v) is 20.4. The summed E-state index contributed by atoms with van der Waals surface area (Å²) in [5, 5.41) is 84.7. The van der Waals surface area contributed by atoms with Crippen LogP contribution in [0.3, 0.4) is 0 Å². The number of carboxylic acids is 1. The molecule has 0 aromatic heterocycles. The van der Waals surface area contributed by atoms with Gasteiger partial charge in [-0.15, -0.1) is 0 Å². The Bertz CT molecular complexity index is 1450. The van der Waals surface area contributed by atoms with Crippen LogP contribution in [0.5, 0.6) is 0 Å². The summed E-state index contributed by atoms with van der Waals surface area (Å²) < 4.78 is 24.1. The van der Waals surface area contributed by atoms with Crippen molar-refractivity contribution in [2.45, 2.75) is 167 Å². The fourth-order valence-corrected chi connectivity index (χ4v) is 13.4. The van der Waals surface area contributed by atoms with Crippen LogP contribution in [0.2, 0.25) is 0 Å². The molecule has 0 aromatic rings. The van der Waals surface area contributed by atoms with E-state index in [0.29, 0.717) is 18.8 Å². The quantitative estimate of drug-likeness (QED) is 0.138. The van der Waals surface area contributed by atoms with E-state index in [4.69, 9.17) is 18.9 Å². The molecule has 0 spiro atoms. The molecular formula is C41H66O13. The van der Waals surface area contributed by atoms with Gasteiger partial charge in [0.25, 0.3) is 0 Å². The summed E-state index contributed by atoms with van der Waals surface area (Å²) in [6.07, 6.45) is -3.32. The Labute approximate surface area is 319 Å². The number of carbonyl (C=O) groups is 1. The molecule has 13 nitrogen and oxygen atoms in total. The van der Waals surface area contributed by atoms with Crippen molar-refractivity contribution in [2.24, 2.45) is 50.2 Å². The summed E-state index contributed by atoms with van der Waals surface area (Å²) in [5.74, 6) is -0.265. The van der Waals surface area contributed by atoms with Crippen LogP contribution < -0.4 is 0 Å². The monoisotopic (exact) mass is 766 g/mol. The van der Waals surface area contributed by atoms with Gasteiger partial charge in [0.15, 0.2) is 12.6 Å². The minimum absolute atomic E-state index is 0.0233. The topological polar surface area (TPSA) is 216 Å². The molecular weight excluding hydrogens is 700 g/mol. The number of hydrogen-bond donors (Lipinski definition) is 8. The fraction of sp³-hybridized carbons (Fsp3) is 0.927. The molecule has 18 atom stereocenters. The van der Waals surface area contributed by atoms with E-state index in [1.165, 1.54) is 5.57 Å². The number of carboxylic acid groups (broad SMARTS) is 1. The second kappa shape index (κ2) is 14.0. The van der Waals surface area contributed by atoms with E-state index in [2.05, 4.69) is 47.6 Å². The third-order valence-corrected chi connectivity index (χ3v) is 17.0. The first-order valence-electron chi connectivity index (χ1n) is 20.4. The van der Waals surface area contributed by atoms with Gasteiger partial charge in [-0.1, -0.05) is 53.2 Å². The zero-order valence-electron chi connectivity index (χ0n) is 32.9. The highest BCUT2D eigenvalue weighted by molar-refractivity contribution is 5.76. The van der Waals surface area contributed by atoms with Crippen LogP contribution in [-0.2, 0) is 23.7 Å². The maximum absolute atomic E-state index is 13.0. The lowest BCUT2D eigenvalue weighted by molar-refractivity contribution is -0.368. The lowest BCUT2D eigenvalue weighted by Crippen LogP contribution is -2.67. The molecule has 0 radical (unpaired) electrons. The Kier molecular flexibility index (Phi) is 10.6. The number of rotatable bonds is 7. The van der Waals surface area contributed by atoms with Crippen molar-refractivity contribution >= 4 is 5.97 Å². The Morgan fingerprint density at radius 2 is 1.52 bits per heavy atom. The lowest BCUT2D eigenvalue weighted by atomic mass is 9.33. The number of allylic oxidation sites excluding steroid dienone is 2. The molecule has 2 aliphatic heterocycles. The molecule has 308 valence electrons. The van der Waals surface area contributed by atoms with Gasteiger partial charge in [-0.2, -0.15) is 0 Å². The number of fused-ring (bicyclic) bond motifs is 7. The van der Waals surface area contributed by atoms with E-state index in [9.17, 15) is 45.6 Å². The van der Waals surface area contributed by atoms with Crippen LogP contribution in [0.25, 0.3) is 0 Å². The molecule has 8 N–H and O–H groups in total. The van der Waals surface area contributed by atoms with Crippen LogP contribution in [0, 0.1) is 50.2 Å². The first kappa shape index (κ1) is 40.9. The van der Waals surface area contributed by atoms with Gasteiger partial charge in [0.2, 0.25) is 0 Å². The SMILES string of the molecule is CC1(C)CC[C@]2(C(=O)O)CC[C@]3(C)C(=CCC4[C@@]5(C)CCC(OC6OCC(O)C(O)C6OC6OC(CO)C(O)C(O)C6O)[C@](C)(CO)C5CC[C@]43C)C2C1. The molecule has 5 aliphatic carbocycles. The Hall–Kier alpha value is -1.23. The maximum atomic E-state index is 13.0. The minimum atomic E-state index is -1.73. The molecule has 13 heteroatoms. The van der Waals surface area contributed by atoms with Gasteiger partial charge in [0.1, 0.15) is 42.7 Å². The van der Waals surface area contributed by atoms with Crippen LogP contribution in [0.4, 0.5) is 0 Å². The molecule has 6 fully saturated rings. The first-order chi connectivity index (χ1) is 25.2. The average Bonchev–Trinajstić information content (AvgIpc) is 3.12. The summed E-state index contributed by atoms with van der Waals surface area (Å²) in [6, 6.07) is 0. The van der Waals surface area contributed by atoms with Gasteiger partial charge < -0.3 is 59.8 Å². The smallest absolute Gasteiger partial charge is 0.310 e. The van der Waals surface area contributed by atoms with Crippen LogP contribution in [-0.4, -0.2) is 128 Å². The van der Waals surface area contributed by atoms with Crippen molar-refractivity contribution in [2.75, 3.05) is 19.8 Å². The molecule has 54 heavy (non-hydrogen) atoms. The summed E-state index contributed by atoms with van der Waals surface area (Å²) in [5.41, 5.74) is -0.367. The molecule has 2 saturated heterocycles. The Balaban J connectivity index is 1.15. The molecule has 2 heterocycles. The largest absolute Gasteiger partial charge is 0.481 e. The van der Waals surface area contributed by atoms with Gasteiger partial charge in [-0.05, 0) is 104 Å². The summed E-state index contributed by atoms with van der Waals surface area (Å²) in [4.78, 5) is 13.0. The molecule has 13 unspecified atom stereocenters. The molecule has 4 saturated carbocycles. The van der Waals surface area contributed by atoms with E-state index >= 15 is 0 Å². The summed E-state index contributed by atoms with van der Waals surface area (Å²) in [7, 11) is 0. The average molecular weight is 767 g/mol. The highest BCUT2D eigenvalue weighted by Crippen LogP contribution is 2.76. The van der Waals surface area contributed by atoms with Crippen molar-refractivity contribution in [1.82, 2.24) is 0 Å². The molecule has 0 bridgehead atoms. The highest BCUT2D eigenvalue weighted by Gasteiger charge is 2.70. The number of ether oxygens (including phenoxy) is 4. The molecule has 7 aliphatic rings. The minimum Gasteiger partial charge on any atom is -0.481 e. The standard InChI is InChI=1S/C41H66O13/c1-36(2)13-15-41(35(49)50)16-14-39(5)21(22(41)17-36)7-8-26-37(3)11-10-27(38(4,20-43)25(37)9-12-40(26,39)6)53-34-32(28(45)23(44)19-51-34)54-33-31(48)30(47)29(46)24(18-42)52-33/h7,22-34,42-48H,8-20H2,1-6H3,(H,49,50)/t22?,23?,24?,25?,26?,27?,28?,29?,30?,31?,32?,33?,34?,37-,38+,39+,40+,41-/m0/s1. The molecule has 0 amide bonds. The highest BCUT2D eigenvalue weighted by atomic mass is 16.8. The van der Waals surface area contributed by atoms with Crippen LogP contribution in [0.15, 0.2) is 11.6 Å². The predicted molar refractivity (Wildman–Crippen MR) is 193 cm³/mol. The van der Waals surface area contributed by atoms with Crippen molar-refractivity contribution in [1.29, 1.82) is 0 Å². The van der Waals surface area contributed by atoms with Gasteiger partial charge in [0, 0.05) is 5.41 Å². The van der Waals surface area contributed by atoms with Crippen molar-refractivity contribution < 1.29 is 64.6 Å². The maximum Gasteiger partial charge on any atom is 0.310 e. The van der Waals surface area contributed by atoms with Crippen molar-refractivity contribution in [3.05, 3.63) is 11.6 Å². The third kappa shape index (κ3) is 5.92. The normalized spacial score (nSPS) is 54.3. The van der Waals surface area contributed by atoms with Crippen molar-refractivity contribution in [3.8, 4) is 0 Å². The fourth-order valence-electron chi connectivity index (χ4n) is 13.4. The number of hydrogen-bond acceptors (Lipinski definition) is 12. The van der Waals surface area contributed by atoms with Crippen LogP contribution in [0.1, 0.15) is 106 Å². The second-order valence-electron chi connectivity index (χ2n) is 20.1.